The van der Waals surface area contributed by atoms with Gasteiger partial charge in [-0.1, -0.05) is 43.6 Å². The predicted octanol–water partition coefficient (Wildman–Crippen LogP) is 6.04. The van der Waals surface area contributed by atoms with Gasteiger partial charge >= 0.3 is 0 Å². The van der Waals surface area contributed by atoms with Gasteiger partial charge in [0.1, 0.15) is 0 Å². The van der Waals surface area contributed by atoms with E-state index < -0.39 is 0 Å². The van der Waals surface area contributed by atoms with E-state index in [0.717, 1.165) is 16.3 Å². The van der Waals surface area contributed by atoms with E-state index in [-0.39, 0.29) is 0 Å². The lowest BCUT2D eigenvalue weighted by Crippen LogP contribution is -2.13. The second kappa shape index (κ2) is 6.13. The van der Waals surface area contributed by atoms with Crippen LogP contribution in [-0.2, 0) is 0 Å². The van der Waals surface area contributed by atoms with E-state index in [4.69, 9.17) is 0 Å². The number of fused-ring (bicyclic) bond motifs is 1. The molecule has 0 fully saturated rings. The number of halogens is 1. The molecule has 0 radical (unpaired) electrons. The summed E-state index contributed by atoms with van der Waals surface area (Å²) >= 11 is 3.55. The largest absolute Gasteiger partial charge is 0.344 e. The number of aromatic nitrogens is 1. The zero-order chi connectivity index (χ0) is 14.0. The first-order valence-corrected chi connectivity index (χ1v) is 8.02. The highest BCUT2D eigenvalue weighted by molar-refractivity contribution is 9.10. The second-order valence-electron chi connectivity index (χ2n) is 6.34. The topological polar surface area (TPSA) is 4.93 Å². The minimum Gasteiger partial charge on any atom is -0.344 e. The summed E-state index contributed by atoms with van der Waals surface area (Å²) in [5.74, 6) is 1.47. The van der Waals surface area contributed by atoms with Crippen LogP contribution < -0.4 is 0 Å². The highest BCUT2D eigenvalue weighted by Gasteiger charge is 2.16. The molecule has 104 valence electrons. The summed E-state index contributed by atoms with van der Waals surface area (Å²) in [5.41, 5.74) is 1.36. The van der Waals surface area contributed by atoms with Gasteiger partial charge < -0.3 is 4.57 Å². The van der Waals surface area contributed by atoms with Crippen molar-refractivity contribution in [1.82, 2.24) is 4.57 Å². The summed E-state index contributed by atoms with van der Waals surface area (Å²) in [4.78, 5) is 0. The molecule has 0 atom stereocenters. The average molecular weight is 322 g/mol. The molecule has 1 nitrogen and oxygen atoms in total. The van der Waals surface area contributed by atoms with Crippen LogP contribution in [0.4, 0.5) is 0 Å². The summed E-state index contributed by atoms with van der Waals surface area (Å²) in [7, 11) is 0. The SMILES string of the molecule is CC(C)CC(CC(C)C)n1ccc2cc(Br)ccc21. The van der Waals surface area contributed by atoms with Gasteiger partial charge in [-0.2, -0.15) is 0 Å². The first kappa shape index (κ1) is 14.6. The fourth-order valence-corrected chi connectivity index (χ4v) is 3.24. The van der Waals surface area contributed by atoms with E-state index >= 15 is 0 Å². The van der Waals surface area contributed by atoms with E-state index in [1.54, 1.807) is 0 Å². The van der Waals surface area contributed by atoms with Crippen LogP contribution in [0.2, 0.25) is 0 Å². The van der Waals surface area contributed by atoms with Gasteiger partial charge in [0.2, 0.25) is 0 Å². The molecule has 0 N–H and O–H groups in total. The fourth-order valence-electron chi connectivity index (χ4n) is 2.86. The zero-order valence-electron chi connectivity index (χ0n) is 12.4. The van der Waals surface area contributed by atoms with Gasteiger partial charge in [0.05, 0.1) is 0 Å². The van der Waals surface area contributed by atoms with E-state index in [1.165, 1.54) is 23.7 Å². The summed E-state index contributed by atoms with van der Waals surface area (Å²) in [6.07, 6.45) is 4.75. The van der Waals surface area contributed by atoms with Crippen LogP contribution in [0.5, 0.6) is 0 Å². The molecule has 0 unspecified atom stereocenters. The summed E-state index contributed by atoms with van der Waals surface area (Å²) in [6.45, 7) is 9.26. The Morgan fingerprint density at radius 3 is 2.21 bits per heavy atom. The van der Waals surface area contributed by atoms with Gasteiger partial charge in [-0.15, -0.1) is 0 Å². The van der Waals surface area contributed by atoms with Crippen molar-refractivity contribution < 1.29 is 0 Å². The van der Waals surface area contributed by atoms with Crippen LogP contribution in [0.25, 0.3) is 10.9 Å². The summed E-state index contributed by atoms with van der Waals surface area (Å²) in [6, 6.07) is 9.41. The van der Waals surface area contributed by atoms with Crippen LogP contribution in [0.1, 0.15) is 46.6 Å². The Kier molecular flexibility index (Phi) is 4.72. The molecule has 2 aromatic rings. The van der Waals surface area contributed by atoms with E-state index in [9.17, 15) is 0 Å². The van der Waals surface area contributed by atoms with Crippen LogP contribution in [-0.4, -0.2) is 4.57 Å². The zero-order valence-corrected chi connectivity index (χ0v) is 13.9. The number of hydrogen-bond donors (Lipinski definition) is 0. The first-order valence-electron chi connectivity index (χ1n) is 7.23. The minimum absolute atomic E-state index is 0.610. The predicted molar refractivity (Wildman–Crippen MR) is 87.6 cm³/mol. The third-order valence-corrected chi connectivity index (χ3v) is 4.06. The second-order valence-corrected chi connectivity index (χ2v) is 7.25. The van der Waals surface area contributed by atoms with Crippen molar-refractivity contribution in [2.24, 2.45) is 11.8 Å². The third kappa shape index (κ3) is 3.62. The molecule has 0 amide bonds. The molecule has 1 heterocycles. The van der Waals surface area contributed by atoms with Gasteiger partial charge in [-0.25, -0.2) is 0 Å². The molecule has 19 heavy (non-hydrogen) atoms. The Hall–Kier alpha value is -0.760. The standard InChI is InChI=1S/C17H24BrN/c1-12(2)9-16(10-13(3)4)19-8-7-14-11-15(18)5-6-17(14)19/h5-8,11-13,16H,9-10H2,1-4H3. The number of nitrogens with zero attached hydrogens (tertiary/aromatic N) is 1. The first-order chi connectivity index (χ1) is 8.97. The minimum atomic E-state index is 0.610. The average Bonchev–Trinajstić information content (AvgIpc) is 2.69. The summed E-state index contributed by atoms with van der Waals surface area (Å²) in [5, 5.41) is 1.33. The Bertz CT molecular complexity index is 529. The van der Waals surface area contributed by atoms with Crippen LogP contribution in [0, 0.1) is 11.8 Å². The molecule has 0 saturated carbocycles. The monoisotopic (exact) mass is 321 g/mol. The molecule has 1 aromatic carbocycles. The van der Waals surface area contributed by atoms with E-state index in [2.05, 4.69) is 78.7 Å². The Morgan fingerprint density at radius 2 is 1.63 bits per heavy atom. The van der Waals surface area contributed by atoms with Crippen molar-refractivity contribution in [2.45, 2.75) is 46.6 Å². The smallest absolute Gasteiger partial charge is 0.0483 e. The van der Waals surface area contributed by atoms with Gasteiger partial charge in [0.25, 0.3) is 0 Å². The molecular weight excluding hydrogens is 298 g/mol. The van der Waals surface area contributed by atoms with Crippen LogP contribution in [0.3, 0.4) is 0 Å². The van der Waals surface area contributed by atoms with E-state index in [0.29, 0.717) is 6.04 Å². The van der Waals surface area contributed by atoms with Gasteiger partial charge in [-0.05, 0) is 48.9 Å². The lowest BCUT2D eigenvalue weighted by Gasteiger charge is -2.24. The highest BCUT2D eigenvalue weighted by Crippen LogP contribution is 2.30. The highest BCUT2D eigenvalue weighted by atomic mass is 79.9. The Morgan fingerprint density at radius 1 is 1.00 bits per heavy atom. The third-order valence-electron chi connectivity index (χ3n) is 3.56. The van der Waals surface area contributed by atoms with Gasteiger partial charge in [-0.3, -0.25) is 0 Å². The maximum atomic E-state index is 3.55. The molecule has 0 aliphatic rings. The van der Waals surface area contributed by atoms with Crippen molar-refractivity contribution >= 4 is 26.8 Å². The van der Waals surface area contributed by atoms with Gasteiger partial charge in [0.15, 0.2) is 0 Å². The molecular formula is C17H24BrN. The molecule has 0 bridgehead atoms. The molecule has 2 rings (SSSR count). The maximum Gasteiger partial charge on any atom is 0.0483 e. The Balaban J connectivity index is 2.37. The number of benzene rings is 1. The van der Waals surface area contributed by atoms with Crippen molar-refractivity contribution in [3.05, 3.63) is 34.9 Å². The molecule has 0 spiro atoms. The molecule has 2 heteroatoms. The normalized spacial score (nSPS) is 12.2. The number of hydrogen-bond acceptors (Lipinski definition) is 0. The molecule has 0 aliphatic carbocycles. The fraction of sp³-hybridized carbons (Fsp3) is 0.529. The van der Waals surface area contributed by atoms with Gasteiger partial charge in [0, 0.05) is 27.6 Å². The van der Waals surface area contributed by atoms with Crippen molar-refractivity contribution in [3.8, 4) is 0 Å². The van der Waals surface area contributed by atoms with Crippen LogP contribution >= 0.6 is 15.9 Å². The molecule has 0 saturated heterocycles. The van der Waals surface area contributed by atoms with Crippen molar-refractivity contribution in [3.63, 3.8) is 0 Å². The van der Waals surface area contributed by atoms with Crippen molar-refractivity contribution in [1.29, 1.82) is 0 Å². The lowest BCUT2D eigenvalue weighted by molar-refractivity contribution is 0.346. The van der Waals surface area contributed by atoms with Crippen molar-refractivity contribution in [2.75, 3.05) is 0 Å². The quantitative estimate of drug-likeness (QED) is 0.632. The van der Waals surface area contributed by atoms with Crippen LogP contribution in [0.15, 0.2) is 34.9 Å². The maximum absolute atomic E-state index is 3.55. The summed E-state index contributed by atoms with van der Waals surface area (Å²) < 4.78 is 3.63. The molecule has 1 aromatic heterocycles. The Labute approximate surface area is 125 Å². The number of rotatable bonds is 5. The molecule has 0 aliphatic heterocycles. The lowest BCUT2D eigenvalue weighted by atomic mass is 9.95. The van der Waals surface area contributed by atoms with E-state index in [1.807, 2.05) is 0 Å².